The van der Waals surface area contributed by atoms with E-state index >= 15 is 0 Å². The number of carbonyl (C=O) groups is 1. The zero-order chi connectivity index (χ0) is 16.6. The normalized spacial score (nSPS) is 17.7. The third-order valence-electron chi connectivity index (χ3n) is 4.47. The van der Waals surface area contributed by atoms with Crippen molar-refractivity contribution in [3.63, 3.8) is 0 Å². The summed E-state index contributed by atoms with van der Waals surface area (Å²) in [4.78, 5) is 14.5. The van der Waals surface area contributed by atoms with E-state index in [0.29, 0.717) is 17.1 Å². The van der Waals surface area contributed by atoms with E-state index in [0.717, 1.165) is 36.5 Å². The van der Waals surface area contributed by atoms with Crippen LogP contribution in [0.1, 0.15) is 34.6 Å². The average molecular weight is 333 g/mol. The molecule has 122 valence electrons. The van der Waals surface area contributed by atoms with Gasteiger partial charge in [-0.05, 0) is 51.0 Å². The molecule has 5 nitrogen and oxygen atoms in total. The summed E-state index contributed by atoms with van der Waals surface area (Å²) in [7, 11) is 0. The highest BCUT2D eigenvalue weighted by atomic mass is 35.5. The molecule has 2 heterocycles. The Morgan fingerprint density at radius 1 is 1.35 bits per heavy atom. The summed E-state index contributed by atoms with van der Waals surface area (Å²) in [6, 6.07) is 7.64. The Morgan fingerprint density at radius 2 is 2.04 bits per heavy atom. The van der Waals surface area contributed by atoms with Gasteiger partial charge in [-0.3, -0.25) is 4.79 Å². The smallest absolute Gasteiger partial charge is 0.254 e. The van der Waals surface area contributed by atoms with Crippen molar-refractivity contribution in [1.82, 2.24) is 14.7 Å². The third-order valence-corrected chi connectivity index (χ3v) is 5.02. The van der Waals surface area contributed by atoms with E-state index in [2.05, 4.69) is 5.10 Å². The molecule has 0 saturated carbocycles. The van der Waals surface area contributed by atoms with Crippen LogP contribution in [0.25, 0.3) is 5.69 Å². The van der Waals surface area contributed by atoms with Crippen molar-refractivity contribution in [2.24, 2.45) is 5.73 Å². The first-order chi connectivity index (χ1) is 11.0. The summed E-state index contributed by atoms with van der Waals surface area (Å²) >= 11 is 6.19. The fraction of sp³-hybridized carbons (Fsp3) is 0.412. The Balaban J connectivity index is 1.84. The van der Waals surface area contributed by atoms with Crippen molar-refractivity contribution in [1.29, 1.82) is 0 Å². The molecule has 0 radical (unpaired) electrons. The van der Waals surface area contributed by atoms with Gasteiger partial charge in [-0.1, -0.05) is 11.6 Å². The highest BCUT2D eigenvalue weighted by Crippen LogP contribution is 2.23. The number of carbonyl (C=O) groups excluding carboxylic acids is 1. The van der Waals surface area contributed by atoms with Gasteiger partial charge in [-0.25, -0.2) is 4.68 Å². The van der Waals surface area contributed by atoms with E-state index in [1.54, 1.807) is 4.68 Å². The van der Waals surface area contributed by atoms with E-state index in [9.17, 15) is 4.79 Å². The highest BCUT2D eigenvalue weighted by Gasteiger charge is 2.28. The predicted molar refractivity (Wildman–Crippen MR) is 91.2 cm³/mol. The topological polar surface area (TPSA) is 64.2 Å². The van der Waals surface area contributed by atoms with E-state index in [1.807, 2.05) is 43.0 Å². The fourth-order valence-electron chi connectivity index (χ4n) is 3.13. The van der Waals surface area contributed by atoms with Crippen LogP contribution in [-0.4, -0.2) is 39.7 Å². The standard InChI is InChI=1S/C17H21ClN4O/c1-11-16(18)12(2)22(20-11)14-7-5-13(6-8-14)17(23)21-9-3-4-15(21)10-19/h5-8,15H,3-4,9-10,19H2,1-2H3/t15-/m1/s1. The molecule has 6 heteroatoms. The molecule has 23 heavy (non-hydrogen) atoms. The van der Waals surface area contributed by atoms with Gasteiger partial charge in [0.15, 0.2) is 0 Å². The zero-order valence-electron chi connectivity index (χ0n) is 13.4. The lowest BCUT2D eigenvalue weighted by atomic mass is 10.1. The molecule has 1 aromatic carbocycles. The van der Waals surface area contributed by atoms with Crippen molar-refractivity contribution >= 4 is 17.5 Å². The molecule has 1 atom stereocenters. The zero-order valence-corrected chi connectivity index (χ0v) is 14.2. The number of rotatable bonds is 3. The second-order valence-corrected chi connectivity index (χ2v) is 6.35. The van der Waals surface area contributed by atoms with Crippen LogP contribution in [0, 0.1) is 13.8 Å². The maximum absolute atomic E-state index is 12.6. The number of amides is 1. The van der Waals surface area contributed by atoms with Crippen molar-refractivity contribution in [3.05, 3.63) is 46.2 Å². The van der Waals surface area contributed by atoms with Crippen molar-refractivity contribution in [2.45, 2.75) is 32.7 Å². The molecule has 1 aliphatic rings. The number of aryl methyl sites for hydroxylation is 1. The number of halogens is 1. The Kier molecular flexibility index (Phi) is 4.41. The van der Waals surface area contributed by atoms with Crippen molar-refractivity contribution in [2.75, 3.05) is 13.1 Å². The number of hydrogen-bond donors (Lipinski definition) is 1. The summed E-state index contributed by atoms with van der Waals surface area (Å²) in [6.45, 7) is 5.12. The molecule has 1 aliphatic heterocycles. The maximum atomic E-state index is 12.6. The van der Waals surface area contributed by atoms with Crippen LogP contribution in [0.3, 0.4) is 0 Å². The van der Waals surface area contributed by atoms with Crippen LogP contribution < -0.4 is 5.73 Å². The van der Waals surface area contributed by atoms with Crippen LogP contribution in [0.4, 0.5) is 0 Å². The first-order valence-electron chi connectivity index (χ1n) is 7.86. The average Bonchev–Trinajstić information content (AvgIpc) is 3.15. The van der Waals surface area contributed by atoms with Gasteiger partial charge in [-0.15, -0.1) is 0 Å². The maximum Gasteiger partial charge on any atom is 0.254 e. The number of benzene rings is 1. The molecule has 0 spiro atoms. The molecule has 2 N–H and O–H groups in total. The minimum absolute atomic E-state index is 0.0518. The number of likely N-dealkylation sites (tertiary alicyclic amines) is 1. The van der Waals surface area contributed by atoms with Gasteiger partial charge in [-0.2, -0.15) is 5.10 Å². The Bertz CT molecular complexity index is 723. The fourth-order valence-corrected chi connectivity index (χ4v) is 3.25. The molecule has 0 aliphatic carbocycles. The van der Waals surface area contributed by atoms with E-state index < -0.39 is 0 Å². The van der Waals surface area contributed by atoms with E-state index in [1.165, 1.54) is 0 Å². The van der Waals surface area contributed by atoms with Crippen LogP contribution in [0.5, 0.6) is 0 Å². The quantitative estimate of drug-likeness (QED) is 0.940. The molecule has 1 aromatic heterocycles. The lowest BCUT2D eigenvalue weighted by Crippen LogP contribution is -2.39. The van der Waals surface area contributed by atoms with Gasteiger partial charge in [0, 0.05) is 24.7 Å². The Morgan fingerprint density at radius 3 is 2.61 bits per heavy atom. The number of nitrogens with two attached hydrogens (primary N) is 1. The number of hydrogen-bond acceptors (Lipinski definition) is 3. The van der Waals surface area contributed by atoms with Gasteiger partial charge in [0.25, 0.3) is 5.91 Å². The SMILES string of the molecule is Cc1nn(-c2ccc(C(=O)N3CCC[C@@H]3CN)cc2)c(C)c1Cl. The summed E-state index contributed by atoms with van der Waals surface area (Å²) in [6.07, 6.45) is 2.01. The first kappa shape index (κ1) is 16.0. The minimum atomic E-state index is 0.0518. The van der Waals surface area contributed by atoms with Gasteiger partial charge >= 0.3 is 0 Å². The molecule has 1 fully saturated rings. The largest absolute Gasteiger partial charge is 0.334 e. The Labute approximate surface area is 141 Å². The molecule has 2 aromatic rings. The van der Waals surface area contributed by atoms with Crippen LogP contribution in [0.15, 0.2) is 24.3 Å². The van der Waals surface area contributed by atoms with Gasteiger partial charge < -0.3 is 10.6 Å². The van der Waals surface area contributed by atoms with Gasteiger partial charge in [0.05, 0.1) is 22.1 Å². The number of nitrogens with zero attached hydrogens (tertiary/aromatic N) is 3. The molecule has 0 unspecified atom stereocenters. The lowest BCUT2D eigenvalue weighted by molar-refractivity contribution is 0.0741. The Hall–Kier alpha value is -1.85. The highest BCUT2D eigenvalue weighted by molar-refractivity contribution is 6.31. The monoisotopic (exact) mass is 332 g/mol. The van der Waals surface area contributed by atoms with Gasteiger partial charge in [0.1, 0.15) is 0 Å². The molecule has 1 saturated heterocycles. The van der Waals surface area contributed by atoms with Crippen LogP contribution in [0.2, 0.25) is 5.02 Å². The summed E-state index contributed by atoms with van der Waals surface area (Å²) in [5.41, 5.74) is 9.02. The molecular weight excluding hydrogens is 312 g/mol. The molecule has 3 rings (SSSR count). The molecular formula is C17H21ClN4O. The van der Waals surface area contributed by atoms with E-state index in [-0.39, 0.29) is 11.9 Å². The second kappa shape index (κ2) is 6.34. The van der Waals surface area contributed by atoms with Crippen LogP contribution >= 0.6 is 11.6 Å². The molecule has 1 amide bonds. The first-order valence-corrected chi connectivity index (χ1v) is 8.24. The second-order valence-electron chi connectivity index (χ2n) is 5.97. The predicted octanol–water partition coefficient (Wildman–Crippen LogP) is 2.71. The van der Waals surface area contributed by atoms with Crippen molar-refractivity contribution in [3.8, 4) is 5.69 Å². The summed E-state index contributed by atoms with van der Waals surface area (Å²) < 4.78 is 1.80. The third kappa shape index (κ3) is 2.86. The minimum Gasteiger partial charge on any atom is -0.334 e. The molecule has 0 bridgehead atoms. The van der Waals surface area contributed by atoms with Crippen molar-refractivity contribution < 1.29 is 4.79 Å². The van der Waals surface area contributed by atoms with Crippen LogP contribution in [-0.2, 0) is 0 Å². The summed E-state index contributed by atoms with van der Waals surface area (Å²) in [5.74, 6) is 0.0518. The summed E-state index contributed by atoms with van der Waals surface area (Å²) in [5, 5.41) is 5.10. The van der Waals surface area contributed by atoms with E-state index in [4.69, 9.17) is 17.3 Å². The van der Waals surface area contributed by atoms with Gasteiger partial charge in [0.2, 0.25) is 0 Å². The number of aromatic nitrogens is 2. The lowest BCUT2D eigenvalue weighted by Gasteiger charge is -2.23.